The Balaban J connectivity index is 1.96. The number of carbonyl (C=O) groups is 1. The van der Waals surface area contributed by atoms with Gasteiger partial charge in [0.25, 0.3) is 0 Å². The van der Waals surface area contributed by atoms with Crippen LogP contribution in [-0.2, 0) is 14.8 Å². The number of hydrogen-bond acceptors (Lipinski definition) is 4. The first kappa shape index (κ1) is 13.8. The number of nitrogens with two attached hydrogens (primary N) is 1. The van der Waals surface area contributed by atoms with E-state index in [0.717, 1.165) is 25.7 Å². The van der Waals surface area contributed by atoms with E-state index in [2.05, 4.69) is 0 Å². The molecule has 0 aromatic carbocycles. The number of aliphatic hydroxyl groups is 1. The Morgan fingerprint density at radius 3 is 2.56 bits per heavy atom. The molecule has 3 atom stereocenters. The molecule has 1 saturated heterocycles. The summed E-state index contributed by atoms with van der Waals surface area (Å²) >= 11 is 0. The van der Waals surface area contributed by atoms with Crippen molar-refractivity contribution in [1.82, 2.24) is 4.90 Å². The van der Waals surface area contributed by atoms with Crippen molar-refractivity contribution in [2.24, 2.45) is 11.1 Å². The Morgan fingerprint density at radius 2 is 2.00 bits per heavy atom. The third-order valence-electron chi connectivity index (χ3n) is 3.97. The summed E-state index contributed by atoms with van der Waals surface area (Å²) in [6, 6.07) is 0. The minimum atomic E-state index is -3.65. The molecule has 0 radical (unpaired) electrons. The number of primary sulfonamides is 1. The van der Waals surface area contributed by atoms with Crippen molar-refractivity contribution in [3.05, 3.63) is 0 Å². The zero-order chi connectivity index (χ0) is 13.3. The minimum Gasteiger partial charge on any atom is -0.393 e. The van der Waals surface area contributed by atoms with Crippen molar-refractivity contribution in [3.8, 4) is 0 Å². The number of aliphatic hydroxyl groups excluding tert-OH is 1. The SMILES string of the molecule is NS(=O)(=O)C1CC(=O)N(CC2CCCCC2O)C1. The Labute approximate surface area is 107 Å². The molecule has 0 bridgehead atoms. The van der Waals surface area contributed by atoms with Crippen molar-refractivity contribution in [2.45, 2.75) is 43.5 Å². The van der Waals surface area contributed by atoms with Crippen LogP contribution >= 0.6 is 0 Å². The summed E-state index contributed by atoms with van der Waals surface area (Å²) < 4.78 is 22.5. The average molecular weight is 276 g/mol. The zero-order valence-electron chi connectivity index (χ0n) is 10.3. The molecule has 0 aromatic rings. The van der Waals surface area contributed by atoms with Crippen LogP contribution in [0.5, 0.6) is 0 Å². The van der Waals surface area contributed by atoms with Crippen LogP contribution in [0.3, 0.4) is 0 Å². The highest BCUT2D eigenvalue weighted by Gasteiger charge is 2.38. The number of likely N-dealkylation sites (tertiary alicyclic amines) is 1. The van der Waals surface area contributed by atoms with Gasteiger partial charge < -0.3 is 10.0 Å². The molecule has 1 aliphatic heterocycles. The topological polar surface area (TPSA) is 101 Å². The highest BCUT2D eigenvalue weighted by molar-refractivity contribution is 7.89. The maximum atomic E-state index is 11.7. The van der Waals surface area contributed by atoms with Gasteiger partial charge in [-0.05, 0) is 12.8 Å². The summed E-state index contributed by atoms with van der Waals surface area (Å²) in [5.74, 6) is -0.103. The molecule has 0 aromatic heterocycles. The summed E-state index contributed by atoms with van der Waals surface area (Å²) in [6.45, 7) is 0.618. The van der Waals surface area contributed by atoms with Gasteiger partial charge in [0.1, 0.15) is 5.25 Å². The maximum Gasteiger partial charge on any atom is 0.224 e. The number of nitrogens with zero attached hydrogens (tertiary/aromatic N) is 1. The van der Waals surface area contributed by atoms with Crippen molar-refractivity contribution in [2.75, 3.05) is 13.1 Å². The first-order valence-corrected chi connectivity index (χ1v) is 7.96. The Hall–Kier alpha value is -0.660. The molecule has 1 amide bonds. The van der Waals surface area contributed by atoms with Crippen LogP contribution in [-0.4, -0.2) is 48.8 Å². The van der Waals surface area contributed by atoms with Gasteiger partial charge in [-0.3, -0.25) is 4.79 Å². The summed E-state index contributed by atoms with van der Waals surface area (Å²) in [7, 11) is -3.65. The number of carbonyl (C=O) groups excluding carboxylic acids is 1. The van der Waals surface area contributed by atoms with Crippen molar-refractivity contribution in [3.63, 3.8) is 0 Å². The maximum absolute atomic E-state index is 11.7. The van der Waals surface area contributed by atoms with Crippen LogP contribution in [0, 0.1) is 5.92 Å². The second-order valence-electron chi connectivity index (χ2n) is 5.33. The summed E-state index contributed by atoms with van der Waals surface area (Å²) in [4.78, 5) is 13.3. The highest BCUT2D eigenvalue weighted by Crippen LogP contribution is 2.27. The molecule has 1 aliphatic carbocycles. The Morgan fingerprint density at radius 1 is 1.33 bits per heavy atom. The molecule has 2 aliphatic rings. The van der Waals surface area contributed by atoms with Gasteiger partial charge in [-0.25, -0.2) is 13.6 Å². The zero-order valence-corrected chi connectivity index (χ0v) is 11.1. The van der Waals surface area contributed by atoms with Crippen LogP contribution in [0.4, 0.5) is 0 Å². The quantitative estimate of drug-likeness (QED) is 0.720. The second kappa shape index (κ2) is 5.14. The number of hydrogen-bond donors (Lipinski definition) is 2. The van der Waals surface area contributed by atoms with Crippen LogP contribution in [0.1, 0.15) is 32.1 Å². The molecule has 1 saturated carbocycles. The van der Waals surface area contributed by atoms with Crippen molar-refractivity contribution in [1.29, 1.82) is 0 Å². The standard InChI is InChI=1S/C11H20N2O4S/c12-18(16,17)9-5-11(15)13(7-9)6-8-3-1-2-4-10(8)14/h8-10,14H,1-7H2,(H2,12,16,17). The highest BCUT2D eigenvalue weighted by atomic mass is 32.2. The molecule has 6 nitrogen and oxygen atoms in total. The minimum absolute atomic E-state index is 0.0261. The van der Waals surface area contributed by atoms with Crippen molar-refractivity contribution >= 4 is 15.9 Å². The lowest BCUT2D eigenvalue weighted by atomic mass is 9.86. The molecule has 104 valence electrons. The number of amides is 1. The van der Waals surface area contributed by atoms with Gasteiger partial charge in [0, 0.05) is 25.4 Å². The van der Waals surface area contributed by atoms with Gasteiger partial charge in [0.05, 0.1) is 6.10 Å². The molecule has 2 rings (SSSR count). The summed E-state index contributed by atoms with van der Waals surface area (Å²) in [5.41, 5.74) is 0. The van der Waals surface area contributed by atoms with E-state index in [1.807, 2.05) is 0 Å². The summed E-state index contributed by atoms with van der Waals surface area (Å²) in [5, 5.41) is 14.1. The fraction of sp³-hybridized carbons (Fsp3) is 0.909. The van der Waals surface area contributed by atoms with Gasteiger partial charge in [0.2, 0.25) is 15.9 Å². The smallest absolute Gasteiger partial charge is 0.224 e. The van der Waals surface area contributed by atoms with Crippen LogP contribution in [0.2, 0.25) is 0 Å². The first-order valence-electron chi connectivity index (χ1n) is 6.35. The van der Waals surface area contributed by atoms with Gasteiger partial charge in [-0.15, -0.1) is 0 Å². The lowest BCUT2D eigenvalue weighted by molar-refractivity contribution is -0.128. The predicted octanol–water partition coefficient (Wildman–Crippen LogP) is -0.573. The van der Waals surface area contributed by atoms with Gasteiger partial charge in [-0.2, -0.15) is 0 Å². The van der Waals surface area contributed by atoms with E-state index in [1.54, 1.807) is 0 Å². The molecule has 18 heavy (non-hydrogen) atoms. The molecule has 0 spiro atoms. The normalized spacial score (nSPS) is 34.0. The summed E-state index contributed by atoms with van der Waals surface area (Å²) in [6.07, 6.45) is 3.34. The van der Waals surface area contributed by atoms with Gasteiger partial charge >= 0.3 is 0 Å². The predicted molar refractivity (Wildman–Crippen MR) is 66.1 cm³/mol. The van der Waals surface area contributed by atoms with E-state index in [0.29, 0.717) is 6.54 Å². The van der Waals surface area contributed by atoms with E-state index >= 15 is 0 Å². The van der Waals surface area contributed by atoms with Crippen molar-refractivity contribution < 1.29 is 18.3 Å². The fourth-order valence-corrected chi connectivity index (χ4v) is 3.58. The largest absolute Gasteiger partial charge is 0.393 e. The van der Waals surface area contributed by atoms with Crippen LogP contribution < -0.4 is 5.14 Å². The Kier molecular flexibility index (Phi) is 3.93. The van der Waals surface area contributed by atoms with Crippen LogP contribution in [0.15, 0.2) is 0 Å². The van der Waals surface area contributed by atoms with E-state index in [-0.39, 0.29) is 30.9 Å². The second-order valence-corrected chi connectivity index (χ2v) is 7.17. The molecule has 1 heterocycles. The third kappa shape index (κ3) is 3.02. The van der Waals surface area contributed by atoms with E-state index in [4.69, 9.17) is 5.14 Å². The van der Waals surface area contributed by atoms with Gasteiger partial charge in [-0.1, -0.05) is 12.8 Å². The molecule has 7 heteroatoms. The Bertz CT molecular complexity index is 423. The third-order valence-corrected chi connectivity index (χ3v) is 5.21. The lowest BCUT2D eigenvalue weighted by Crippen LogP contribution is -2.39. The van der Waals surface area contributed by atoms with E-state index < -0.39 is 15.3 Å². The molecule has 3 N–H and O–H groups in total. The lowest BCUT2D eigenvalue weighted by Gasteiger charge is -2.31. The average Bonchev–Trinajstić information content (AvgIpc) is 2.63. The molecular formula is C11H20N2O4S. The van der Waals surface area contributed by atoms with Gasteiger partial charge in [0.15, 0.2) is 0 Å². The fourth-order valence-electron chi connectivity index (χ4n) is 2.82. The monoisotopic (exact) mass is 276 g/mol. The number of sulfonamides is 1. The first-order chi connectivity index (χ1) is 8.38. The molecule has 2 fully saturated rings. The molecule has 3 unspecified atom stereocenters. The van der Waals surface area contributed by atoms with Crippen LogP contribution in [0.25, 0.3) is 0 Å². The molecular weight excluding hydrogens is 256 g/mol. The van der Waals surface area contributed by atoms with E-state index in [1.165, 1.54) is 4.90 Å². The number of rotatable bonds is 3. The van der Waals surface area contributed by atoms with E-state index in [9.17, 15) is 18.3 Å².